The van der Waals surface area contributed by atoms with Crippen molar-refractivity contribution in [2.75, 3.05) is 21.3 Å². The van der Waals surface area contributed by atoms with Crippen LogP contribution in [0.25, 0.3) is 5.69 Å². The van der Waals surface area contributed by atoms with Gasteiger partial charge in [0.25, 0.3) is 0 Å². The summed E-state index contributed by atoms with van der Waals surface area (Å²) in [6, 6.07) is 5.41. The van der Waals surface area contributed by atoms with E-state index in [1.165, 1.54) is 0 Å². The lowest BCUT2D eigenvalue weighted by atomic mass is 10.0. The van der Waals surface area contributed by atoms with Crippen molar-refractivity contribution in [3.63, 3.8) is 0 Å². The minimum Gasteiger partial charge on any atom is -0.494 e. The zero-order valence-electron chi connectivity index (χ0n) is 24.2. The number of rotatable bonds is 12. The summed E-state index contributed by atoms with van der Waals surface area (Å²) in [6.45, 7) is 7.20. The topological polar surface area (TPSA) is 128 Å². The monoisotopic (exact) mass is 573 g/mol. The Morgan fingerprint density at radius 2 is 1.65 bits per heavy atom. The molecule has 2 aromatic heterocycles. The normalized spacial score (nSPS) is 19.1. The number of ether oxygens (including phenoxy) is 4. The maximum atomic E-state index is 14.0. The van der Waals surface area contributed by atoms with E-state index in [4.69, 9.17) is 18.9 Å². The number of sulfone groups is 1. The number of nitrogens with zero attached hydrogens (tertiary/aromatic N) is 5. The molecule has 40 heavy (non-hydrogen) atoms. The molecule has 4 rings (SSSR count). The van der Waals surface area contributed by atoms with E-state index in [0.717, 1.165) is 24.8 Å². The first-order chi connectivity index (χ1) is 19.1. The third-order valence-electron chi connectivity index (χ3n) is 7.26. The van der Waals surface area contributed by atoms with E-state index in [2.05, 4.69) is 20.2 Å². The van der Waals surface area contributed by atoms with Crippen LogP contribution in [-0.4, -0.2) is 71.9 Å². The van der Waals surface area contributed by atoms with Crippen molar-refractivity contribution in [1.82, 2.24) is 24.7 Å². The van der Waals surface area contributed by atoms with Gasteiger partial charge in [-0.25, -0.2) is 18.4 Å². The van der Waals surface area contributed by atoms with E-state index in [1.54, 1.807) is 57.3 Å². The average molecular weight is 574 g/mol. The first kappa shape index (κ1) is 29.9. The molecular weight excluding hydrogens is 534 g/mol. The van der Waals surface area contributed by atoms with Crippen molar-refractivity contribution >= 4 is 9.84 Å². The van der Waals surface area contributed by atoms with Crippen LogP contribution >= 0.6 is 0 Å². The Kier molecular flexibility index (Phi) is 9.42. The molecule has 1 aliphatic carbocycles. The van der Waals surface area contributed by atoms with Gasteiger partial charge >= 0.3 is 0 Å². The summed E-state index contributed by atoms with van der Waals surface area (Å²) in [5.41, 5.74) is 1.42. The fourth-order valence-electron chi connectivity index (χ4n) is 5.19. The van der Waals surface area contributed by atoms with Crippen LogP contribution in [0, 0.1) is 6.92 Å². The fourth-order valence-corrected chi connectivity index (χ4v) is 6.56. The van der Waals surface area contributed by atoms with Crippen LogP contribution in [0.15, 0.2) is 30.6 Å². The van der Waals surface area contributed by atoms with Crippen molar-refractivity contribution in [2.45, 2.75) is 82.2 Å². The molecule has 12 heteroatoms. The van der Waals surface area contributed by atoms with Crippen LogP contribution < -0.4 is 9.47 Å². The van der Waals surface area contributed by atoms with Crippen molar-refractivity contribution in [3.8, 4) is 17.2 Å². The van der Waals surface area contributed by atoms with Gasteiger partial charge in [-0.3, -0.25) is 4.57 Å². The minimum absolute atomic E-state index is 0.0606. The van der Waals surface area contributed by atoms with Gasteiger partial charge in [0.15, 0.2) is 21.5 Å². The van der Waals surface area contributed by atoms with Gasteiger partial charge in [-0.05, 0) is 58.2 Å². The second-order valence-electron chi connectivity index (χ2n) is 10.4. The van der Waals surface area contributed by atoms with E-state index < -0.39 is 26.9 Å². The fraction of sp³-hybridized carbons (Fsp3) is 0.571. The molecule has 1 fully saturated rings. The zero-order chi connectivity index (χ0) is 29.0. The summed E-state index contributed by atoms with van der Waals surface area (Å²) in [4.78, 5) is 8.75. The van der Waals surface area contributed by atoms with Crippen molar-refractivity contribution in [1.29, 1.82) is 0 Å². The van der Waals surface area contributed by atoms with Crippen molar-refractivity contribution in [2.24, 2.45) is 0 Å². The molecule has 0 bridgehead atoms. The number of hydrogen-bond donors (Lipinski definition) is 0. The number of benzene rings is 1. The molecule has 1 saturated carbocycles. The molecule has 0 aliphatic heterocycles. The van der Waals surface area contributed by atoms with Crippen LogP contribution in [0.5, 0.6) is 11.5 Å². The highest BCUT2D eigenvalue weighted by Crippen LogP contribution is 2.41. The van der Waals surface area contributed by atoms with Crippen molar-refractivity contribution in [3.05, 3.63) is 53.6 Å². The maximum absolute atomic E-state index is 14.0. The molecule has 1 aliphatic rings. The molecule has 0 N–H and O–H groups in total. The summed E-state index contributed by atoms with van der Waals surface area (Å²) >= 11 is 0. The van der Waals surface area contributed by atoms with E-state index in [-0.39, 0.29) is 24.0 Å². The Bertz CT molecular complexity index is 1370. The molecule has 218 valence electrons. The van der Waals surface area contributed by atoms with Gasteiger partial charge in [0.1, 0.15) is 34.9 Å². The van der Waals surface area contributed by atoms with Gasteiger partial charge in [-0.1, -0.05) is 12.5 Å². The van der Waals surface area contributed by atoms with Crippen LogP contribution in [0.3, 0.4) is 0 Å². The molecule has 0 radical (unpaired) electrons. The minimum atomic E-state index is -3.86. The second kappa shape index (κ2) is 12.6. The Labute approximate surface area is 236 Å². The average Bonchev–Trinajstić information content (AvgIpc) is 3.57. The highest BCUT2D eigenvalue weighted by atomic mass is 32.2. The standard InChI is InChI=1S/C28H39N5O6S/c1-17(2)39-26(27-29-14-18(3)15-30-27)19(4)40(34,35)16-24-31-32-28(20-10-8-11-21(20)36-5)33(24)25-22(37-6)12-9-13-23(25)38-7/h9,12-15,17,19-21,26H,8,10-11,16H2,1-7H3/t19-,20-,21-,26+/m0/s1. The summed E-state index contributed by atoms with van der Waals surface area (Å²) in [5.74, 6) is 1.73. The van der Waals surface area contributed by atoms with Gasteiger partial charge in [0.2, 0.25) is 0 Å². The van der Waals surface area contributed by atoms with Gasteiger partial charge in [0.05, 0.1) is 31.7 Å². The Morgan fingerprint density at radius 3 is 2.23 bits per heavy atom. The Balaban J connectivity index is 1.81. The predicted octanol–water partition coefficient (Wildman–Crippen LogP) is 4.14. The first-order valence-corrected chi connectivity index (χ1v) is 15.2. The van der Waals surface area contributed by atoms with Gasteiger partial charge in [0, 0.05) is 25.4 Å². The van der Waals surface area contributed by atoms with Crippen LogP contribution in [0.1, 0.15) is 75.1 Å². The molecule has 11 nitrogen and oxygen atoms in total. The molecule has 3 aromatic rings. The van der Waals surface area contributed by atoms with E-state index in [1.807, 2.05) is 26.8 Å². The summed E-state index contributed by atoms with van der Waals surface area (Å²) in [5, 5.41) is 7.98. The highest BCUT2D eigenvalue weighted by Gasteiger charge is 2.39. The van der Waals surface area contributed by atoms with Crippen molar-refractivity contribution < 1.29 is 27.4 Å². The SMILES string of the molecule is COc1cccc(OC)c1-n1c(CS(=O)(=O)[C@@H](C)[C@@H](OC(C)C)c2ncc(C)cn2)nnc1[C@H]1CCC[C@@H]1OC. The number of aryl methyl sites for hydroxylation is 1. The van der Waals surface area contributed by atoms with E-state index in [0.29, 0.717) is 28.8 Å². The van der Waals surface area contributed by atoms with E-state index in [9.17, 15) is 8.42 Å². The van der Waals surface area contributed by atoms with E-state index >= 15 is 0 Å². The summed E-state index contributed by atoms with van der Waals surface area (Å²) in [7, 11) is 0.945. The predicted molar refractivity (Wildman–Crippen MR) is 150 cm³/mol. The number of para-hydroxylation sites is 1. The summed E-state index contributed by atoms with van der Waals surface area (Å²) in [6.07, 6.45) is 4.83. The molecule has 0 saturated heterocycles. The Hall–Kier alpha value is -3.09. The number of aromatic nitrogens is 5. The van der Waals surface area contributed by atoms with Crippen LogP contribution in [0.4, 0.5) is 0 Å². The molecule has 0 unspecified atom stereocenters. The second-order valence-corrected chi connectivity index (χ2v) is 12.7. The lowest BCUT2D eigenvalue weighted by Crippen LogP contribution is -2.32. The number of hydrogen-bond acceptors (Lipinski definition) is 10. The molecule has 0 spiro atoms. The van der Waals surface area contributed by atoms with Crippen LogP contribution in [0.2, 0.25) is 0 Å². The van der Waals surface area contributed by atoms with Gasteiger partial charge < -0.3 is 18.9 Å². The zero-order valence-corrected chi connectivity index (χ0v) is 25.0. The maximum Gasteiger partial charge on any atom is 0.163 e. The highest BCUT2D eigenvalue weighted by molar-refractivity contribution is 7.91. The largest absolute Gasteiger partial charge is 0.494 e. The lowest BCUT2D eigenvalue weighted by molar-refractivity contribution is 0.00141. The first-order valence-electron chi connectivity index (χ1n) is 13.4. The molecule has 1 aromatic carbocycles. The number of methoxy groups -OCH3 is 3. The Morgan fingerprint density at radius 1 is 1.00 bits per heavy atom. The quantitative estimate of drug-likeness (QED) is 0.312. The smallest absolute Gasteiger partial charge is 0.163 e. The molecule has 2 heterocycles. The summed E-state index contributed by atoms with van der Waals surface area (Å²) < 4.78 is 53.0. The van der Waals surface area contributed by atoms with Gasteiger partial charge in [-0.2, -0.15) is 0 Å². The molecule has 4 atom stereocenters. The third kappa shape index (κ3) is 6.13. The molecule has 0 amide bonds. The molecular formula is C28H39N5O6S. The van der Waals surface area contributed by atoms with Crippen LogP contribution in [-0.2, 0) is 25.1 Å². The van der Waals surface area contributed by atoms with Gasteiger partial charge in [-0.15, -0.1) is 10.2 Å². The lowest BCUT2D eigenvalue weighted by Gasteiger charge is -2.25. The third-order valence-corrected chi connectivity index (χ3v) is 9.31.